The van der Waals surface area contributed by atoms with Crippen LogP contribution in [0.1, 0.15) is 15.9 Å². The van der Waals surface area contributed by atoms with Crippen LogP contribution >= 0.6 is 0 Å². The standard InChI is InChI=1S/C22H24N4O4/c27-20(28)15-16-4-3-5-17(14-16)21(29)24-22-23-18-6-1-2-7-19(18)26(22)9-8-25-10-12-30-13-11-25/h1-7,14H,8-13,15H2,(H,27,28)(H,23,24,29). The number of carbonyl (C=O) groups excluding carboxylic acids is 1. The highest BCUT2D eigenvalue weighted by Crippen LogP contribution is 2.20. The van der Waals surface area contributed by atoms with Crippen molar-refractivity contribution in [2.24, 2.45) is 0 Å². The van der Waals surface area contributed by atoms with Crippen LogP contribution in [0.3, 0.4) is 0 Å². The van der Waals surface area contributed by atoms with Crippen LogP contribution in [0.2, 0.25) is 0 Å². The normalized spacial score (nSPS) is 14.7. The minimum atomic E-state index is -0.933. The highest BCUT2D eigenvalue weighted by Gasteiger charge is 2.17. The lowest BCUT2D eigenvalue weighted by Gasteiger charge is -2.26. The molecule has 2 N–H and O–H groups in total. The number of anilines is 1. The summed E-state index contributed by atoms with van der Waals surface area (Å²) in [4.78, 5) is 30.7. The minimum absolute atomic E-state index is 0.126. The first-order chi connectivity index (χ1) is 14.6. The zero-order chi connectivity index (χ0) is 20.9. The Bertz CT molecular complexity index is 1060. The zero-order valence-corrected chi connectivity index (χ0v) is 16.6. The number of carboxylic acid groups (broad SMARTS) is 1. The van der Waals surface area contributed by atoms with Crippen molar-refractivity contribution in [3.63, 3.8) is 0 Å². The van der Waals surface area contributed by atoms with Crippen molar-refractivity contribution >= 4 is 28.9 Å². The van der Waals surface area contributed by atoms with Gasteiger partial charge in [0.15, 0.2) is 0 Å². The molecule has 3 aromatic rings. The molecule has 0 unspecified atom stereocenters. The fraction of sp³-hybridized carbons (Fsp3) is 0.318. The molecule has 1 aromatic heterocycles. The van der Waals surface area contributed by atoms with Gasteiger partial charge in [0.25, 0.3) is 5.91 Å². The van der Waals surface area contributed by atoms with Crippen LogP contribution in [0.4, 0.5) is 5.95 Å². The van der Waals surface area contributed by atoms with Gasteiger partial charge >= 0.3 is 5.97 Å². The third-order valence-corrected chi connectivity index (χ3v) is 5.17. The Morgan fingerprint density at radius 2 is 1.87 bits per heavy atom. The fourth-order valence-electron chi connectivity index (χ4n) is 3.63. The minimum Gasteiger partial charge on any atom is -0.481 e. The molecule has 2 heterocycles. The smallest absolute Gasteiger partial charge is 0.307 e. The maximum atomic E-state index is 12.8. The van der Waals surface area contributed by atoms with Gasteiger partial charge in [-0.3, -0.25) is 19.8 Å². The Balaban J connectivity index is 1.55. The number of aliphatic carboxylic acids is 1. The molecule has 30 heavy (non-hydrogen) atoms. The second kappa shape index (κ2) is 9.06. The van der Waals surface area contributed by atoms with E-state index in [0.29, 0.717) is 23.6 Å². The summed E-state index contributed by atoms with van der Waals surface area (Å²) in [7, 11) is 0. The largest absolute Gasteiger partial charge is 0.481 e. The molecule has 1 aliphatic rings. The van der Waals surface area contributed by atoms with Crippen molar-refractivity contribution in [3.8, 4) is 0 Å². The number of hydrogen-bond acceptors (Lipinski definition) is 5. The van der Waals surface area contributed by atoms with E-state index in [1.807, 2.05) is 28.8 Å². The Labute approximate surface area is 174 Å². The lowest BCUT2D eigenvalue weighted by atomic mass is 10.1. The molecular formula is C22H24N4O4. The number of amides is 1. The van der Waals surface area contributed by atoms with Crippen LogP contribution in [-0.4, -0.2) is 64.3 Å². The molecule has 2 aromatic carbocycles. The summed E-state index contributed by atoms with van der Waals surface area (Å²) < 4.78 is 7.43. The second-order valence-electron chi connectivity index (χ2n) is 7.25. The van der Waals surface area contributed by atoms with Crippen molar-refractivity contribution in [2.45, 2.75) is 13.0 Å². The predicted octanol–water partition coefficient (Wildman–Crippen LogP) is 2.25. The van der Waals surface area contributed by atoms with Gasteiger partial charge in [0.2, 0.25) is 5.95 Å². The van der Waals surface area contributed by atoms with Gasteiger partial charge in [-0.15, -0.1) is 0 Å². The molecule has 0 radical (unpaired) electrons. The number of rotatable bonds is 7. The van der Waals surface area contributed by atoms with Crippen molar-refractivity contribution in [2.75, 3.05) is 38.2 Å². The molecule has 0 spiro atoms. The quantitative estimate of drug-likeness (QED) is 0.622. The molecule has 0 atom stereocenters. The lowest BCUT2D eigenvalue weighted by molar-refractivity contribution is -0.136. The van der Waals surface area contributed by atoms with E-state index in [1.165, 1.54) is 0 Å². The topological polar surface area (TPSA) is 96.7 Å². The van der Waals surface area contributed by atoms with E-state index in [2.05, 4.69) is 15.2 Å². The van der Waals surface area contributed by atoms with Crippen molar-refractivity contribution in [1.82, 2.24) is 14.5 Å². The summed E-state index contributed by atoms with van der Waals surface area (Å²) in [5, 5.41) is 11.9. The fourth-order valence-corrected chi connectivity index (χ4v) is 3.63. The molecule has 8 nitrogen and oxygen atoms in total. The Kier molecular flexibility index (Phi) is 6.06. The third kappa shape index (κ3) is 4.67. The average Bonchev–Trinajstić information content (AvgIpc) is 3.09. The summed E-state index contributed by atoms with van der Waals surface area (Å²) in [6.07, 6.45) is -0.126. The van der Waals surface area contributed by atoms with E-state index >= 15 is 0 Å². The number of nitrogens with zero attached hydrogens (tertiary/aromatic N) is 3. The molecule has 1 aliphatic heterocycles. The van der Waals surface area contributed by atoms with Gasteiger partial charge in [-0.05, 0) is 29.8 Å². The lowest BCUT2D eigenvalue weighted by Crippen LogP contribution is -2.38. The first kappa shape index (κ1) is 20.1. The Morgan fingerprint density at radius 3 is 2.67 bits per heavy atom. The summed E-state index contributed by atoms with van der Waals surface area (Å²) in [6.45, 7) is 4.78. The second-order valence-corrected chi connectivity index (χ2v) is 7.25. The number of ether oxygens (including phenoxy) is 1. The number of aromatic nitrogens is 2. The van der Waals surface area contributed by atoms with Gasteiger partial charge in [0.05, 0.1) is 30.7 Å². The number of benzene rings is 2. The first-order valence-corrected chi connectivity index (χ1v) is 9.97. The predicted molar refractivity (Wildman–Crippen MR) is 113 cm³/mol. The number of nitrogens with one attached hydrogen (secondary N) is 1. The number of carbonyl (C=O) groups is 2. The molecule has 0 bridgehead atoms. The van der Waals surface area contributed by atoms with E-state index in [1.54, 1.807) is 24.3 Å². The zero-order valence-electron chi connectivity index (χ0n) is 16.6. The van der Waals surface area contributed by atoms with E-state index in [0.717, 1.165) is 43.9 Å². The molecule has 8 heteroatoms. The van der Waals surface area contributed by atoms with Crippen molar-refractivity contribution in [3.05, 3.63) is 59.7 Å². The van der Waals surface area contributed by atoms with E-state index in [9.17, 15) is 9.59 Å². The number of morpholine rings is 1. The summed E-state index contributed by atoms with van der Waals surface area (Å²) in [5.41, 5.74) is 2.76. The maximum absolute atomic E-state index is 12.8. The molecule has 0 saturated carbocycles. The van der Waals surface area contributed by atoms with Gasteiger partial charge < -0.3 is 14.4 Å². The van der Waals surface area contributed by atoms with Gasteiger partial charge in [0.1, 0.15) is 0 Å². The number of para-hydroxylation sites is 2. The summed E-state index contributed by atoms with van der Waals surface area (Å²) in [5.74, 6) is -0.763. The molecule has 4 rings (SSSR count). The molecular weight excluding hydrogens is 384 g/mol. The monoisotopic (exact) mass is 408 g/mol. The number of imidazole rings is 1. The average molecular weight is 408 g/mol. The van der Waals surface area contributed by atoms with Crippen LogP contribution in [0, 0.1) is 0 Å². The van der Waals surface area contributed by atoms with Crippen molar-refractivity contribution < 1.29 is 19.4 Å². The molecule has 0 aliphatic carbocycles. The van der Waals surface area contributed by atoms with E-state index < -0.39 is 5.97 Å². The van der Waals surface area contributed by atoms with Gasteiger partial charge in [0, 0.05) is 31.7 Å². The summed E-state index contributed by atoms with van der Waals surface area (Å²) >= 11 is 0. The van der Waals surface area contributed by atoms with Gasteiger partial charge in [-0.25, -0.2) is 4.98 Å². The van der Waals surface area contributed by atoms with Crippen LogP contribution in [0.25, 0.3) is 11.0 Å². The molecule has 1 amide bonds. The number of hydrogen-bond donors (Lipinski definition) is 2. The Hall–Kier alpha value is -3.23. The van der Waals surface area contributed by atoms with Crippen LogP contribution in [-0.2, 0) is 22.5 Å². The SMILES string of the molecule is O=C(O)Cc1cccc(C(=O)Nc2nc3ccccc3n2CCN2CCOCC2)c1. The maximum Gasteiger partial charge on any atom is 0.307 e. The van der Waals surface area contributed by atoms with E-state index in [4.69, 9.17) is 9.84 Å². The highest BCUT2D eigenvalue weighted by atomic mass is 16.5. The van der Waals surface area contributed by atoms with Gasteiger partial charge in [-0.2, -0.15) is 0 Å². The van der Waals surface area contributed by atoms with Crippen LogP contribution in [0.5, 0.6) is 0 Å². The first-order valence-electron chi connectivity index (χ1n) is 9.97. The van der Waals surface area contributed by atoms with E-state index in [-0.39, 0.29) is 12.3 Å². The van der Waals surface area contributed by atoms with Crippen LogP contribution < -0.4 is 5.32 Å². The highest BCUT2D eigenvalue weighted by molar-refractivity contribution is 6.04. The molecule has 156 valence electrons. The Morgan fingerprint density at radius 1 is 1.07 bits per heavy atom. The van der Waals surface area contributed by atoms with Crippen molar-refractivity contribution in [1.29, 1.82) is 0 Å². The van der Waals surface area contributed by atoms with Crippen LogP contribution in [0.15, 0.2) is 48.5 Å². The molecule has 1 fully saturated rings. The third-order valence-electron chi connectivity index (χ3n) is 5.17. The molecule has 1 saturated heterocycles. The number of fused-ring (bicyclic) bond motifs is 1. The number of carboxylic acids is 1. The van der Waals surface area contributed by atoms with Gasteiger partial charge in [-0.1, -0.05) is 24.3 Å². The summed E-state index contributed by atoms with van der Waals surface area (Å²) in [6, 6.07) is 14.4.